The molecule has 0 N–H and O–H groups in total. The summed E-state index contributed by atoms with van der Waals surface area (Å²) in [6, 6.07) is 6.88. The Hall–Kier alpha value is -1.56. The number of aryl methyl sites for hydroxylation is 1. The van der Waals surface area contributed by atoms with E-state index in [0.717, 1.165) is 0 Å². The van der Waals surface area contributed by atoms with E-state index in [9.17, 15) is 0 Å². The van der Waals surface area contributed by atoms with E-state index in [1.54, 1.807) is 0 Å². The van der Waals surface area contributed by atoms with Crippen LogP contribution in [0.2, 0.25) is 0 Å². The van der Waals surface area contributed by atoms with Gasteiger partial charge < -0.3 is 0 Å². The van der Waals surface area contributed by atoms with E-state index in [1.807, 2.05) is 6.08 Å². The molecule has 0 radical (unpaired) electrons. The summed E-state index contributed by atoms with van der Waals surface area (Å²) < 4.78 is 0. The summed E-state index contributed by atoms with van der Waals surface area (Å²) in [6.07, 6.45) is 9.27. The molecule has 1 spiro atoms. The smallest absolute Gasteiger partial charge is 0.0215 e. The van der Waals surface area contributed by atoms with Crippen molar-refractivity contribution in [1.29, 1.82) is 0 Å². The maximum atomic E-state index is 4.06. The lowest BCUT2D eigenvalue weighted by molar-refractivity contribution is 0.545. The van der Waals surface area contributed by atoms with E-state index in [4.69, 9.17) is 0 Å². The van der Waals surface area contributed by atoms with E-state index in [-0.39, 0.29) is 5.41 Å². The molecule has 1 saturated carbocycles. The standard InChI is InChI=1S/C18H20/c1-4-14-15-12-13(3)8-9-17(15)18(16(14)5-2)10-6-7-11-18/h4-5,8-9,12H,1-2,6-7,10-11H2,3H3. The number of hydrogen-bond acceptors (Lipinski definition) is 0. The fourth-order valence-corrected chi connectivity index (χ4v) is 3.89. The first-order valence-electron chi connectivity index (χ1n) is 6.84. The molecule has 1 aromatic carbocycles. The van der Waals surface area contributed by atoms with E-state index >= 15 is 0 Å². The molecule has 0 heterocycles. The molecule has 0 atom stereocenters. The van der Waals surface area contributed by atoms with Crippen molar-refractivity contribution < 1.29 is 0 Å². The van der Waals surface area contributed by atoms with Gasteiger partial charge in [0.25, 0.3) is 0 Å². The fourth-order valence-electron chi connectivity index (χ4n) is 3.89. The summed E-state index contributed by atoms with van der Waals surface area (Å²) in [5, 5.41) is 0. The van der Waals surface area contributed by atoms with Gasteiger partial charge in [-0.3, -0.25) is 0 Å². The molecule has 1 aromatic rings. The van der Waals surface area contributed by atoms with Crippen molar-refractivity contribution in [2.24, 2.45) is 0 Å². The molecule has 0 aromatic heterocycles. The Balaban J connectivity index is 2.32. The molecule has 0 bridgehead atoms. The first-order chi connectivity index (χ1) is 8.73. The molecule has 18 heavy (non-hydrogen) atoms. The highest BCUT2D eigenvalue weighted by Crippen LogP contribution is 2.55. The molecule has 0 amide bonds. The van der Waals surface area contributed by atoms with Gasteiger partial charge in [0.1, 0.15) is 0 Å². The monoisotopic (exact) mass is 236 g/mol. The average Bonchev–Trinajstić information content (AvgIpc) is 2.94. The van der Waals surface area contributed by atoms with Crippen molar-refractivity contribution in [3.05, 3.63) is 65.8 Å². The van der Waals surface area contributed by atoms with Gasteiger partial charge in [0.05, 0.1) is 0 Å². The summed E-state index contributed by atoms with van der Waals surface area (Å²) in [6.45, 7) is 10.2. The van der Waals surface area contributed by atoms with Gasteiger partial charge in [-0.05, 0) is 42.0 Å². The van der Waals surface area contributed by atoms with E-state index in [0.29, 0.717) is 0 Å². The molecule has 0 unspecified atom stereocenters. The minimum atomic E-state index is 0.244. The zero-order chi connectivity index (χ0) is 12.8. The van der Waals surface area contributed by atoms with Crippen molar-refractivity contribution in [1.82, 2.24) is 0 Å². The summed E-state index contributed by atoms with van der Waals surface area (Å²) in [7, 11) is 0. The van der Waals surface area contributed by atoms with Gasteiger partial charge in [0, 0.05) is 5.41 Å². The summed E-state index contributed by atoms with van der Waals surface area (Å²) in [5.41, 5.74) is 7.19. The second kappa shape index (κ2) is 3.98. The highest BCUT2D eigenvalue weighted by Gasteiger charge is 2.44. The lowest BCUT2D eigenvalue weighted by Crippen LogP contribution is -2.21. The minimum absolute atomic E-state index is 0.244. The molecule has 2 aliphatic carbocycles. The molecule has 0 nitrogen and oxygen atoms in total. The van der Waals surface area contributed by atoms with Crippen LogP contribution in [0.4, 0.5) is 0 Å². The van der Waals surface area contributed by atoms with Crippen LogP contribution in [0, 0.1) is 6.92 Å². The van der Waals surface area contributed by atoms with Crippen LogP contribution in [0.3, 0.4) is 0 Å². The summed E-state index contributed by atoms with van der Waals surface area (Å²) >= 11 is 0. The summed E-state index contributed by atoms with van der Waals surface area (Å²) in [4.78, 5) is 0. The first-order valence-corrected chi connectivity index (χ1v) is 6.84. The van der Waals surface area contributed by atoms with Crippen LogP contribution in [0.15, 0.2) is 49.1 Å². The lowest BCUT2D eigenvalue weighted by atomic mass is 9.75. The Morgan fingerprint density at radius 3 is 2.44 bits per heavy atom. The van der Waals surface area contributed by atoms with Crippen molar-refractivity contribution >= 4 is 5.57 Å². The fraction of sp³-hybridized carbons (Fsp3) is 0.333. The van der Waals surface area contributed by atoms with E-state index < -0.39 is 0 Å². The predicted molar refractivity (Wildman–Crippen MR) is 78.6 cm³/mol. The van der Waals surface area contributed by atoms with Gasteiger partial charge >= 0.3 is 0 Å². The van der Waals surface area contributed by atoms with Crippen LogP contribution in [0.5, 0.6) is 0 Å². The number of allylic oxidation sites excluding steroid dienone is 4. The van der Waals surface area contributed by atoms with Crippen molar-refractivity contribution in [2.75, 3.05) is 0 Å². The Morgan fingerprint density at radius 2 is 1.83 bits per heavy atom. The van der Waals surface area contributed by atoms with Crippen molar-refractivity contribution in [3.8, 4) is 0 Å². The SMILES string of the molecule is C=CC1=C(C=C)C2(CCCC2)c2ccc(C)cc21. The zero-order valence-electron chi connectivity index (χ0n) is 11.1. The third-order valence-corrected chi connectivity index (χ3v) is 4.65. The molecule has 2 aliphatic rings. The van der Waals surface area contributed by atoms with Crippen LogP contribution in [0.25, 0.3) is 5.57 Å². The molecular weight excluding hydrogens is 216 g/mol. The molecule has 3 rings (SSSR count). The number of benzene rings is 1. The van der Waals surface area contributed by atoms with E-state index in [2.05, 4.69) is 44.4 Å². The molecule has 1 fully saturated rings. The third-order valence-electron chi connectivity index (χ3n) is 4.65. The number of hydrogen-bond donors (Lipinski definition) is 0. The Kier molecular flexibility index (Phi) is 2.55. The molecule has 0 heteroatoms. The molecular formula is C18H20. The quantitative estimate of drug-likeness (QED) is 0.682. The zero-order valence-corrected chi connectivity index (χ0v) is 11.1. The van der Waals surface area contributed by atoms with Crippen LogP contribution in [-0.2, 0) is 5.41 Å². The first kappa shape index (κ1) is 11.5. The molecule has 92 valence electrons. The normalized spacial score (nSPS) is 20.3. The topological polar surface area (TPSA) is 0 Å². The largest absolute Gasteiger partial charge is 0.0987 e. The van der Waals surface area contributed by atoms with Gasteiger partial charge in [0.15, 0.2) is 0 Å². The average molecular weight is 236 g/mol. The van der Waals surface area contributed by atoms with Crippen LogP contribution >= 0.6 is 0 Å². The van der Waals surface area contributed by atoms with Crippen molar-refractivity contribution in [3.63, 3.8) is 0 Å². The third kappa shape index (κ3) is 1.32. The minimum Gasteiger partial charge on any atom is -0.0987 e. The van der Waals surface area contributed by atoms with Gasteiger partial charge in [-0.1, -0.05) is 61.9 Å². The van der Waals surface area contributed by atoms with Gasteiger partial charge in [0.2, 0.25) is 0 Å². The van der Waals surface area contributed by atoms with E-state index in [1.165, 1.54) is 53.5 Å². The highest BCUT2D eigenvalue weighted by molar-refractivity contribution is 5.88. The van der Waals surface area contributed by atoms with Crippen LogP contribution in [0.1, 0.15) is 42.4 Å². The predicted octanol–water partition coefficient (Wildman–Crippen LogP) is 4.95. The maximum Gasteiger partial charge on any atom is 0.0215 e. The maximum absolute atomic E-state index is 4.06. The van der Waals surface area contributed by atoms with Gasteiger partial charge in [-0.25, -0.2) is 0 Å². The van der Waals surface area contributed by atoms with Crippen LogP contribution < -0.4 is 0 Å². The highest BCUT2D eigenvalue weighted by atomic mass is 14.5. The number of fused-ring (bicyclic) bond motifs is 2. The Labute approximate surface area is 110 Å². The van der Waals surface area contributed by atoms with Crippen LogP contribution in [-0.4, -0.2) is 0 Å². The van der Waals surface area contributed by atoms with Crippen molar-refractivity contribution in [2.45, 2.75) is 38.0 Å². The second-order valence-electron chi connectivity index (χ2n) is 5.57. The lowest BCUT2D eigenvalue weighted by Gasteiger charge is -2.27. The second-order valence-corrected chi connectivity index (χ2v) is 5.57. The number of rotatable bonds is 2. The Morgan fingerprint density at radius 1 is 1.11 bits per heavy atom. The van der Waals surface area contributed by atoms with Gasteiger partial charge in [-0.15, -0.1) is 0 Å². The molecule has 0 aliphatic heterocycles. The van der Waals surface area contributed by atoms with Gasteiger partial charge in [-0.2, -0.15) is 0 Å². The Bertz CT molecular complexity index is 551. The molecule has 0 saturated heterocycles. The summed E-state index contributed by atoms with van der Waals surface area (Å²) in [5.74, 6) is 0.